The van der Waals surface area contributed by atoms with Gasteiger partial charge in [0.2, 0.25) is 0 Å². The van der Waals surface area contributed by atoms with Crippen LogP contribution in [-0.4, -0.2) is 34.6 Å². The summed E-state index contributed by atoms with van der Waals surface area (Å²) in [4.78, 5) is 14.3. The minimum Gasteiger partial charge on any atom is -0.389 e. The smallest absolute Gasteiger partial charge is 0.275 e. The summed E-state index contributed by atoms with van der Waals surface area (Å²) in [5.74, 6) is 4.89. The molecule has 0 spiro atoms. The maximum Gasteiger partial charge on any atom is 0.275 e. The molecule has 18 heavy (non-hydrogen) atoms. The van der Waals surface area contributed by atoms with Crippen molar-refractivity contribution in [3.8, 4) is 0 Å². The molecule has 1 aromatic heterocycles. The zero-order valence-corrected chi connectivity index (χ0v) is 11.9. The van der Waals surface area contributed by atoms with Gasteiger partial charge in [-0.15, -0.1) is 11.3 Å². The van der Waals surface area contributed by atoms with Crippen LogP contribution in [0.25, 0.3) is 0 Å². The Kier molecular flexibility index (Phi) is 5.28. The molecule has 5 nitrogen and oxygen atoms in total. The molecule has 0 saturated heterocycles. The zero-order chi connectivity index (χ0) is 13.8. The molecule has 0 fully saturated rings. The fourth-order valence-electron chi connectivity index (χ4n) is 1.79. The molecule has 0 aromatic carbocycles. The number of hydrogen-bond acceptors (Lipinski definition) is 5. The average molecular weight is 271 g/mol. The SMILES string of the molecule is CCN(Cc1ccsc1C(=O)NN)CC(C)(C)O. The molecule has 4 N–H and O–H groups in total. The molecule has 0 saturated carbocycles. The van der Waals surface area contributed by atoms with Gasteiger partial charge in [0.25, 0.3) is 5.91 Å². The molecule has 1 rings (SSSR count). The molecular formula is C12H21N3O2S. The number of carbonyl (C=O) groups is 1. The second kappa shape index (κ2) is 6.29. The Bertz CT molecular complexity index is 398. The lowest BCUT2D eigenvalue weighted by Crippen LogP contribution is -2.38. The Hall–Kier alpha value is -0.950. The Labute approximate surface area is 112 Å². The minimum absolute atomic E-state index is 0.265. The normalized spacial score (nSPS) is 11.9. The van der Waals surface area contributed by atoms with Crippen LogP contribution in [-0.2, 0) is 6.54 Å². The van der Waals surface area contributed by atoms with E-state index in [9.17, 15) is 9.90 Å². The van der Waals surface area contributed by atoms with Crippen LogP contribution in [0.4, 0.5) is 0 Å². The van der Waals surface area contributed by atoms with Crippen LogP contribution < -0.4 is 11.3 Å². The second-order valence-corrected chi connectivity index (χ2v) is 5.78. The monoisotopic (exact) mass is 271 g/mol. The molecule has 102 valence electrons. The lowest BCUT2D eigenvalue weighted by molar-refractivity contribution is 0.0353. The van der Waals surface area contributed by atoms with Crippen LogP contribution in [0.2, 0.25) is 0 Å². The number of aliphatic hydroxyl groups is 1. The molecule has 0 aliphatic carbocycles. The van der Waals surface area contributed by atoms with Gasteiger partial charge in [0.15, 0.2) is 0 Å². The fourth-order valence-corrected chi connectivity index (χ4v) is 2.61. The minimum atomic E-state index is -0.748. The van der Waals surface area contributed by atoms with Crippen LogP contribution in [0.1, 0.15) is 36.0 Å². The van der Waals surface area contributed by atoms with Gasteiger partial charge in [-0.25, -0.2) is 5.84 Å². The molecule has 6 heteroatoms. The van der Waals surface area contributed by atoms with E-state index in [4.69, 9.17) is 5.84 Å². The summed E-state index contributed by atoms with van der Waals surface area (Å²) in [5.41, 5.74) is 2.34. The molecule has 1 aromatic rings. The zero-order valence-electron chi connectivity index (χ0n) is 11.1. The van der Waals surface area contributed by atoms with E-state index in [0.717, 1.165) is 12.1 Å². The number of amides is 1. The van der Waals surface area contributed by atoms with Crippen molar-refractivity contribution in [3.05, 3.63) is 21.9 Å². The lowest BCUT2D eigenvalue weighted by atomic mass is 10.1. The van der Waals surface area contributed by atoms with Crippen molar-refractivity contribution in [2.24, 2.45) is 5.84 Å². The maximum atomic E-state index is 11.6. The molecule has 1 heterocycles. The highest BCUT2D eigenvalue weighted by atomic mass is 32.1. The van der Waals surface area contributed by atoms with E-state index in [1.165, 1.54) is 11.3 Å². The number of hydrazine groups is 1. The standard InChI is InChI=1S/C12H21N3O2S/c1-4-15(8-12(2,3)17)7-9-5-6-18-10(9)11(16)14-13/h5-6,17H,4,7-8,13H2,1-3H3,(H,14,16). The van der Waals surface area contributed by atoms with Crippen molar-refractivity contribution in [3.63, 3.8) is 0 Å². The third-order valence-corrected chi connectivity index (χ3v) is 3.49. The highest BCUT2D eigenvalue weighted by Gasteiger charge is 2.20. The summed E-state index contributed by atoms with van der Waals surface area (Å²) < 4.78 is 0. The molecule has 0 radical (unpaired) electrons. The summed E-state index contributed by atoms with van der Waals surface area (Å²) in [5, 5.41) is 11.7. The van der Waals surface area contributed by atoms with E-state index in [2.05, 4.69) is 10.3 Å². The third-order valence-electron chi connectivity index (χ3n) is 2.54. The first-order chi connectivity index (χ1) is 8.37. The predicted octanol–water partition coefficient (Wildman–Crippen LogP) is 0.944. The Balaban J connectivity index is 2.76. The van der Waals surface area contributed by atoms with E-state index in [0.29, 0.717) is 18.0 Å². The van der Waals surface area contributed by atoms with Gasteiger partial charge in [0, 0.05) is 13.1 Å². The van der Waals surface area contributed by atoms with Crippen molar-refractivity contribution in [2.45, 2.75) is 32.9 Å². The molecule has 0 atom stereocenters. The Morgan fingerprint density at radius 2 is 2.28 bits per heavy atom. The fraction of sp³-hybridized carbons (Fsp3) is 0.583. The van der Waals surface area contributed by atoms with E-state index in [1.54, 1.807) is 13.8 Å². The van der Waals surface area contributed by atoms with Gasteiger partial charge in [-0.2, -0.15) is 0 Å². The van der Waals surface area contributed by atoms with Crippen molar-refractivity contribution in [2.75, 3.05) is 13.1 Å². The van der Waals surface area contributed by atoms with Crippen LogP contribution in [0.3, 0.4) is 0 Å². The van der Waals surface area contributed by atoms with Crippen LogP contribution >= 0.6 is 11.3 Å². The van der Waals surface area contributed by atoms with Crippen LogP contribution in [0, 0.1) is 0 Å². The molecule has 0 unspecified atom stereocenters. The van der Waals surface area contributed by atoms with Gasteiger partial charge in [-0.1, -0.05) is 6.92 Å². The number of nitrogen functional groups attached to an aromatic ring is 1. The van der Waals surface area contributed by atoms with Crippen molar-refractivity contribution >= 4 is 17.2 Å². The largest absolute Gasteiger partial charge is 0.389 e. The van der Waals surface area contributed by atoms with Gasteiger partial charge in [0.1, 0.15) is 0 Å². The number of thiophene rings is 1. The lowest BCUT2D eigenvalue weighted by Gasteiger charge is -2.27. The Morgan fingerprint density at radius 3 is 2.78 bits per heavy atom. The summed E-state index contributed by atoms with van der Waals surface area (Å²) in [7, 11) is 0. The number of rotatable bonds is 6. The van der Waals surface area contributed by atoms with Crippen molar-refractivity contribution in [1.29, 1.82) is 0 Å². The van der Waals surface area contributed by atoms with Gasteiger partial charge in [-0.05, 0) is 37.4 Å². The highest BCUT2D eigenvalue weighted by molar-refractivity contribution is 7.12. The van der Waals surface area contributed by atoms with Gasteiger partial charge in [-0.3, -0.25) is 15.1 Å². The van der Waals surface area contributed by atoms with Gasteiger partial charge in [0.05, 0.1) is 10.5 Å². The van der Waals surface area contributed by atoms with E-state index < -0.39 is 5.60 Å². The molecule has 0 aliphatic heterocycles. The quantitative estimate of drug-likeness (QED) is 0.409. The number of nitrogens with zero attached hydrogens (tertiary/aromatic N) is 1. The number of likely N-dealkylation sites (N-methyl/N-ethyl adjacent to an activating group) is 1. The number of nitrogens with two attached hydrogens (primary N) is 1. The van der Waals surface area contributed by atoms with Gasteiger partial charge < -0.3 is 5.11 Å². The molecular weight excluding hydrogens is 250 g/mol. The predicted molar refractivity (Wildman–Crippen MR) is 73.2 cm³/mol. The number of nitrogens with one attached hydrogen (secondary N) is 1. The van der Waals surface area contributed by atoms with Crippen LogP contribution in [0.5, 0.6) is 0 Å². The van der Waals surface area contributed by atoms with Crippen molar-refractivity contribution < 1.29 is 9.90 Å². The van der Waals surface area contributed by atoms with Crippen LogP contribution in [0.15, 0.2) is 11.4 Å². The maximum absolute atomic E-state index is 11.6. The first-order valence-corrected chi connectivity index (χ1v) is 6.77. The summed E-state index contributed by atoms with van der Waals surface area (Å²) >= 11 is 1.37. The van der Waals surface area contributed by atoms with Crippen molar-refractivity contribution in [1.82, 2.24) is 10.3 Å². The topological polar surface area (TPSA) is 78.6 Å². The summed E-state index contributed by atoms with van der Waals surface area (Å²) in [6, 6.07) is 1.92. The average Bonchev–Trinajstić information content (AvgIpc) is 2.73. The van der Waals surface area contributed by atoms with E-state index in [-0.39, 0.29) is 5.91 Å². The third kappa shape index (κ3) is 4.38. The summed E-state index contributed by atoms with van der Waals surface area (Å²) in [6.45, 7) is 7.58. The molecule has 0 aliphatic rings. The Morgan fingerprint density at radius 1 is 1.61 bits per heavy atom. The second-order valence-electron chi connectivity index (χ2n) is 4.86. The molecule has 0 bridgehead atoms. The highest BCUT2D eigenvalue weighted by Crippen LogP contribution is 2.19. The number of hydrogen-bond donors (Lipinski definition) is 3. The van der Waals surface area contributed by atoms with Gasteiger partial charge >= 0.3 is 0 Å². The van der Waals surface area contributed by atoms with E-state index in [1.807, 2.05) is 18.4 Å². The first kappa shape index (κ1) is 15.1. The molecule has 1 amide bonds. The number of carbonyl (C=O) groups excluding carboxylic acids is 1. The summed E-state index contributed by atoms with van der Waals surface area (Å²) in [6.07, 6.45) is 0. The van der Waals surface area contributed by atoms with E-state index >= 15 is 0 Å². The first-order valence-electron chi connectivity index (χ1n) is 5.89.